The highest BCUT2D eigenvalue weighted by Gasteiger charge is 2.16. The van der Waals surface area contributed by atoms with Crippen molar-refractivity contribution in [1.82, 2.24) is 5.32 Å². The van der Waals surface area contributed by atoms with E-state index in [1.54, 1.807) is 7.05 Å². The second-order valence-electron chi connectivity index (χ2n) is 3.62. The van der Waals surface area contributed by atoms with E-state index in [0.717, 1.165) is 25.7 Å². The summed E-state index contributed by atoms with van der Waals surface area (Å²) in [6.07, 6.45) is 4.26. The molecule has 0 aliphatic carbocycles. The minimum absolute atomic E-state index is 0.0956. The molecule has 1 N–H and O–H groups in total. The van der Waals surface area contributed by atoms with Gasteiger partial charge < -0.3 is 10.1 Å². The van der Waals surface area contributed by atoms with Gasteiger partial charge in [-0.25, -0.2) is 0 Å². The molecule has 0 saturated heterocycles. The van der Waals surface area contributed by atoms with E-state index >= 15 is 0 Å². The van der Waals surface area contributed by atoms with E-state index in [1.807, 2.05) is 6.92 Å². The van der Waals surface area contributed by atoms with Gasteiger partial charge >= 0.3 is 5.97 Å². The average molecular weight is 201 g/mol. The van der Waals surface area contributed by atoms with Crippen LogP contribution in [0.4, 0.5) is 0 Å². The van der Waals surface area contributed by atoms with Crippen LogP contribution in [0.25, 0.3) is 0 Å². The lowest BCUT2D eigenvalue weighted by molar-refractivity contribution is -0.151. The molecular formula is C11H23NO2. The molecule has 0 aromatic heterocycles. The summed E-state index contributed by atoms with van der Waals surface area (Å²) in [4.78, 5) is 11.4. The van der Waals surface area contributed by atoms with Crippen molar-refractivity contribution >= 4 is 5.97 Å². The second kappa shape index (κ2) is 7.80. The maximum Gasteiger partial charge on any atom is 0.323 e. The zero-order valence-electron chi connectivity index (χ0n) is 9.80. The Balaban J connectivity index is 3.85. The molecule has 0 rings (SSSR count). The number of nitrogens with one attached hydrogen (secondary N) is 1. The van der Waals surface area contributed by atoms with Crippen LogP contribution in [0, 0.1) is 0 Å². The van der Waals surface area contributed by atoms with E-state index in [1.165, 1.54) is 0 Å². The Morgan fingerprint density at radius 3 is 2.50 bits per heavy atom. The van der Waals surface area contributed by atoms with Crippen molar-refractivity contribution in [2.24, 2.45) is 0 Å². The normalized spacial score (nSPS) is 14.9. The lowest BCUT2D eigenvalue weighted by Gasteiger charge is -2.18. The second-order valence-corrected chi connectivity index (χ2v) is 3.62. The Morgan fingerprint density at radius 1 is 1.43 bits per heavy atom. The Kier molecular flexibility index (Phi) is 7.48. The van der Waals surface area contributed by atoms with Crippen molar-refractivity contribution < 1.29 is 9.53 Å². The van der Waals surface area contributed by atoms with Crippen LogP contribution in [0.3, 0.4) is 0 Å². The molecule has 0 bridgehead atoms. The van der Waals surface area contributed by atoms with Gasteiger partial charge in [-0.2, -0.15) is 0 Å². The van der Waals surface area contributed by atoms with Crippen LogP contribution in [0.5, 0.6) is 0 Å². The molecule has 3 nitrogen and oxygen atoms in total. The number of hydrogen-bond donors (Lipinski definition) is 1. The number of unbranched alkanes of at least 4 members (excludes halogenated alkanes) is 1. The molecule has 0 radical (unpaired) electrons. The molecule has 84 valence electrons. The third-order valence-electron chi connectivity index (χ3n) is 2.40. The number of rotatable bonds is 7. The Bertz CT molecular complexity index is 159. The van der Waals surface area contributed by atoms with Gasteiger partial charge in [0, 0.05) is 0 Å². The Hall–Kier alpha value is -0.570. The summed E-state index contributed by atoms with van der Waals surface area (Å²) in [5.41, 5.74) is 0. The summed E-state index contributed by atoms with van der Waals surface area (Å²) in [5, 5.41) is 2.88. The van der Waals surface area contributed by atoms with Gasteiger partial charge in [0.25, 0.3) is 0 Å². The SMILES string of the molecule is CCCCC(CC)OC(=O)[C@@H](C)NC. The number of carbonyl (C=O) groups is 1. The molecule has 0 aliphatic rings. The molecule has 0 heterocycles. The molecule has 0 aromatic rings. The molecule has 0 saturated carbocycles. The van der Waals surface area contributed by atoms with Crippen LogP contribution in [-0.2, 0) is 9.53 Å². The van der Waals surface area contributed by atoms with Crippen LogP contribution >= 0.6 is 0 Å². The third kappa shape index (κ3) is 5.22. The maximum absolute atomic E-state index is 11.4. The summed E-state index contributed by atoms with van der Waals surface area (Å²) in [6, 6.07) is -0.203. The van der Waals surface area contributed by atoms with Gasteiger partial charge in [0.15, 0.2) is 0 Å². The van der Waals surface area contributed by atoms with E-state index in [-0.39, 0.29) is 18.1 Å². The monoisotopic (exact) mass is 201 g/mol. The summed E-state index contributed by atoms with van der Waals surface area (Å²) in [5.74, 6) is -0.143. The van der Waals surface area contributed by atoms with Crippen molar-refractivity contribution in [3.05, 3.63) is 0 Å². The van der Waals surface area contributed by atoms with Crippen LogP contribution in [0.2, 0.25) is 0 Å². The summed E-state index contributed by atoms with van der Waals surface area (Å²) in [7, 11) is 1.76. The molecule has 2 atom stereocenters. The number of ether oxygens (including phenoxy) is 1. The number of likely N-dealkylation sites (N-methyl/N-ethyl adjacent to an activating group) is 1. The smallest absolute Gasteiger partial charge is 0.323 e. The fraction of sp³-hybridized carbons (Fsp3) is 0.909. The first kappa shape index (κ1) is 13.4. The fourth-order valence-corrected chi connectivity index (χ4v) is 1.16. The van der Waals surface area contributed by atoms with E-state index in [2.05, 4.69) is 19.2 Å². The minimum atomic E-state index is -0.203. The quantitative estimate of drug-likeness (QED) is 0.641. The molecule has 0 fully saturated rings. The zero-order chi connectivity index (χ0) is 11.0. The summed E-state index contributed by atoms with van der Waals surface area (Å²) in [6.45, 7) is 6.01. The lowest BCUT2D eigenvalue weighted by Crippen LogP contribution is -2.34. The fourth-order valence-electron chi connectivity index (χ4n) is 1.16. The molecule has 14 heavy (non-hydrogen) atoms. The van der Waals surface area contributed by atoms with Gasteiger partial charge in [-0.1, -0.05) is 26.7 Å². The Labute approximate surface area is 87.2 Å². The standard InChI is InChI=1S/C11H23NO2/c1-5-7-8-10(6-2)14-11(13)9(3)12-4/h9-10,12H,5-8H2,1-4H3/t9-,10?/m1/s1. The average Bonchev–Trinajstić information content (AvgIpc) is 2.22. The first-order valence-corrected chi connectivity index (χ1v) is 5.53. The van der Waals surface area contributed by atoms with Gasteiger partial charge in [0.2, 0.25) is 0 Å². The third-order valence-corrected chi connectivity index (χ3v) is 2.40. The van der Waals surface area contributed by atoms with Crippen molar-refractivity contribution in [2.75, 3.05) is 7.05 Å². The first-order chi connectivity index (χ1) is 6.65. The van der Waals surface area contributed by atoms with Crippen molar-refractivity contribution in [2.45, 2.75) is 58.6 Å². The lowest BCUT2D eigenvalue weighted by atomic mass is 10.1. The van der Waals surface area contributed by atoms with Crippen LogP contribution in [0.15, 0.2) is 0 Å². The molecular weight excluding hydrogens is 178 g/mol. The molecule has 1 unspecified atom stereocenters. The zero-order valence-corrected chi connectivity index (χ0v) is 9.80. The highest BCUT2D eigenvalue weighted by molar-refractivity contribution is 5.75. The summed E-state index contributed by atoms with van der Waals surface area (Å²) < 4.78 is 5.35. The van der Waals surface area contributed by atoms with E-state index in [9.17, 15) is 4.79 Å². The van der Waals surface area contributed by atoms with Crippen molar-refractivity contribution in [3.63, 3.8) is 0 Å². The topological polar surface area (TPSA) is 38.3 Å². The molecule has 3 heteroatoms. The van der Waals surface area contributed by atoms with Crippen molar-refractivity contribution in [1.29, 1.82) is 0 Å². The Morgan fingerprint density at radius 2 is 2.07 bits per heavy atom. The van der Waals surface area contributed by atoms with E-state index < -0.39 is 0 Å². The predicted molar refractivity (Wildman–Crippen MR) is 58.2 cm³/mol. The highest BCUT2D eigenvalue weighted by atomic mass is 16.5. The molecule has 0 aliphatic heterocycles. The summed E-state index contributed by atoms with van der Waals surface area (Å²) >= 11 is 0. The predicted octanol–water partition coefficient (Wildman–Crippen LogP) is 2.11. The molecule has 0 amide bonds. The number of carbonyl (C=O) groups excluding carboxylic acids is 1. The maximum atomic E-state index is 11.4. The van der Waals surface area contributed by atoms with Gasteiger partial charge in [-0.05, 0) is 26.8 Å². The van der Waals surface area contributed by atoms with Crippen LogP contribution in [-0.4, -0.2) is 25.2 Å². The number of esters is 1. The van der Waals surface area contributed by atoms with Gasteiger partial charge in [0.1, 0.15) is 12.1 Å². The molecule has 0 spiro atoms. The van der Waals surface area contributed by atoms with E-state index in [4.69, 9.17) is 4.74 Å². The van der Waals surface area contributed by atoms with Gasteiger partial charge in [-0.3, -0.25) is 4.79 Å². The van der Waals surface area contributed by atoms with Crippen LogP contribution in [0.1, 0.15) is 46.5 Å². The highest BCUT2D eigenvalue weighted by Crippen LogP contribution is 2.09. The first-order valence-electron chi connectivity index (χ1n) is 5.53. The van der Waals surface area contributed by atoms with E-state index in [0.29, 0.717) is 0 Å². The van der Waals surface area contributed by atoms with Gasteiger partial charge in [-0.15, -0.1) is 0 Å². The van der Waals surface area contributed by atoms with Crippen LogP contribution < -0.4 is 5.32 Å². The number of hydrogen-bond acceptors (Lipinski definition) is 3. The van der Waals surface area contributed by atoms with Gasteiger partial charge in [0.05, 0.1) is 0 Å². The largest absolute Gasteiger partial charge is 0.461 e. The van der Waals surface area contributed by atoms with Crippen molar-refractivity contribution in [3.8, 4) is 0 Å². The minimum Gasteiger partial charge on any atom is -0.461 e. The molecule has 0 aromatic carbocycles.